The molecular weight excluding hydrogens is 402 g/mol. The van der Waals surface area contributed by atoms with E-state index in [9.17, 15) is 13.2 Å². The van der Waals surface area contributed by atoms with Crippen molar-refractivity contribution in [2.24, 2.45) is 5.41 Å². The number of nitrogens with one attached hydrogen (secondary N) is 1. The topological polar surface area (TPSA) is 92.5 Å². The van der Waals surface area contributed by atoms with E-state index in [4.69, 9.17) is 16.0 Å². The van der Waals surface area contributed by atoms with Crippen molar-refractivity contribution >= 4 is 38.6 Å². The van der Waals surface area contributed by atoms with Crippen LogP contribution >= 0.6 is 11.6 Å². The zero-order valence-corrected chi connectivity index (χ0v) is 17.8. The second-order valence-corrected chi connectivity index (χ2v) is 11.0. The second-order valence-electron chi connectivity index (χ2n) is 8.68. The van der Waals surface area contributed by atoms with E-state index in [2.05, 4.69) is 10.3 Å². The van der Waals surface area contributed by atoms with Gasteiger partial charge < -0.3 is 9.73 Å². The minimum absolute atomic E-state index is 0.0368. The van der Waals surface area contributed by atoms with Gasteiger partial charge in [-0.1, -0.05) is 32.4 Å². The molecule has 0 aliphatic carbocycles. The maximum Gasteiger partial charge on any atom is 0.248 e. The van der Waals surface area contributed by atoms with Gasteiger partial charge in [0.2, 0.25) is 21.8 Å². The van der Waals surface area contributed by atoms with Crippen LogP contribution in [0.2, 0.25) is 5.02 Å². The maximum atomic E-state index is 13.4. The van der Waals surface area contributed by atoms with Gasteiger partial charge in [-0.25, -0.2) is 13.4 Å². The summed E-state index contributed by atoms with van der Waals surface area (Å²) >= 11 is 6.32. The molecule has 4 rings (SSSR count). The number of hydrogen-bond donors (Lipinski definition) is 1. The molecule has 152 valence electrons. The van der Waals surface area contributed by atoms with Crippen LogP contribution in [0.5, 0.6) is 0 Å². The van der Waals surface area contributed by atoms with Crippen molar-refractivity contribution in [3.05, 3.63) is 23.0 Å². The highest BCUT2D eigenvalue weighted by molar-refractivity contribution is 7.89. The Morgan fingerprint density at radius 1 is 1.21 bits per heavy atom. The fourth-order valence-corrected chi connectivity index (χ4v) is 6.04. The molecule has 2 saturated heterocycles. The zero-order chi connectivity index (χ0) is 20.3. The Balaban J connectivity index is 1.72. The third-order valence-electron chi connectivity index (χ3n) is 5.75. The summed E-state index contributed by atoms with van der Waals surface area (Å²) in [6.07, 6.45) is 1.78. The highest BCUT2D eigenvalue weighted by Crippen LogP contribution is 2.41. The molecule has 0 unspecified atom stereocenters. The van der Waals surface area contributed by atoms with E-state index in [1.807, 2.05) is 20.8 Å². The minimum Gasteiger partial charge on any atom is -0.439 e. The number of nitrogens with zero attached hydrogens (tertiary/aromatic N) is 2. The first-order valence-corrected chi connectivity index (χ1v) is 11.2. The SMILES string of the molecule is CC(C)(C)c1nc2ccc(Cl)c(S(=O)(=O)N3CCC4(CCNC4=O)CC3)c2o1. The number of halogens is 1. The first-order valence-electron chi connectivity index (χ1n) is 9.43. The fourth-order valence-electron chi connectivity index (χ4n) is 3.98. The van der Waals surface area contributed by atoms with Crippen LogP contribution in [0.4, 0.5) is 0 Å². The summed E-state index contributed by atoms with van der Waals surface area (Å²) in [6, 6.07) is 3.21. The minimum atomic E-state index is -3.88. The molecule has 9 heteroatoms. The molecule has 3 heterocycles. The van der Waals surface area contributed by atoms with Crippen LogP contribution in [0.1, 0.15) is 45.9 Å². The van der Waals surface area contributed by atoms with Crippen molar-refractivity contribution in [3.8, 4) is 0 Å². The van der Waals surface area contributed by atoms with Gasteiger partial charge in [0.25, 0.3) is 0 Å². The number of benzene rings is 1. The van der Waals surface area contributed by atoms with Gasteiger partial charge in [-0.2, -0.15) is 4.31 Å². The largest absolute Gasteiger partial charge is 0.439 e. The number of hydrogen-bond acceptors (Lipinski definition) is 5. The Morgan fingerprint density at radius 2 is 1.89 bits per heavy atom. The van der Waals surface area contributed by atoms with E-state index in [1.54, 1.807) is 12.1 Å². The molecule has 2 aliphatic rings. The van der Waals surface area contributed by atoms with E-state index < -0.39 is 15.4 Å². The van der Waals surface area contributed by atoms with Crippen molar-refractivity contribution in [2.75, 3.05) is 19.6 Å². The smallest absolute Gasteiger partial charge is 0.248 e. The number of carbonyl (C=O) groups is 1. The fraction of sp³-hybridized carbons (Fsp3) is 0.579. The summed E-state index contributed by atoms with van der Waals surface area (Å²) in [5.41, 5.74) is -0.138. The summed E-state index contributed by atoms with van der Waals surface area (Å²) < 4.78 is 34.1. The van der Waals surface area contributed by atoms with Crippen LogP contribution in [0.15, 0.2) is 21.4 Å². The molecule has 2 fully saturated rings. The van der Waals surface area contributed by atoms with Crippen molar-refractivity contribution < 1.29 is 17.6 Å². The molecule has 28 heavy (non-hydrogen) atoms. The summed E-state index contributed by atoms with van der Waals surface area (Å²) in [4.78, 5) is 16.6. The number of sulfonamides is 1. The summed E-state index contributed by atoms with van der Waals surface area (Å²) in [5.74, 6) is 0.496. The van der Waals surface area contributed by atoms with Gasteiger partial charge in [0.1, 0.15) is 10.4 Å². The number of rotatable bonds is 2. The number of piperidine rings is 1. The third-order valence-corrected chi connectivity index (χ3v) is 8.15. The lowest BCUT2D eigenvalue weighted by Crippen LogP contribution is -2.46. The first kappa shape index (κ1) is 19.7. The van der Waals surface area contributed by atoms with Crippen molar-refractivity contribution in [1.29, 1.82) is 0 Å². The highest BCUT2D eigenvalue weighted by Gasteiger charge is 2.47. The van der Waals surface area contributed by atoms with Crippen molar-refractivity contribution in [3.63, 3.8) is 0 Å². The van der Waals surface area contributed by atoms with Crippen LogP contribution in [0, 0.1) is 5.41 Å². The van der Waals surface area contributed by atoms with Gasteiger partial charge in [0.05, 0.1) is 10.4 Å². The zero-order valence-electron chi connectivity index (χ0n) is 16.2. The number of aromatic nitrogens is 1. The summed E-state index contributed by atoms with van der Waals surface area (Å²) in [7, 11) is -3.88. The van der Waals surface area contributed by atoms with Gasteiger partial charge >= 0.3 is 0 Å². The number of oxazole rings is 1. The highest BCUT2D eigenvalue weighted by atomic mass is 35.5. The lowest BCUT2D eigenvalue weighted by Gasteiger charge is -2.36. The lowest BCUT2D eigenvalue weighted by molar-refractivity contribution is -0.129. The van der Waals surface area contributed by atoms with Gasteiger partial charge in [0.15, 0.2) is 5.58 Å². The number of amides is 1. The number of carbonyl (C=O) groups excluding carboxylic acids is 1. The molecule has 1 aromatic heterocycles. The predicted molar refractivity (Wildman–Crippen MR) is 106 cm³/mol. The average Bonchev–Trinajstić information content (AvgIpc) is 3.19. The number of fused-ring (bicyclic) bond motifs is 1. The lowest BCUT2D eigenvalue weighted by atomic mass is 9.78. The molecule has 2 aliphatic heterocycles. The quantitative estimate of drug-likeness (QED) is 0.798. The van der Waals surface area contributed by atoms with Crippen LogP contribution < -0.4 is 5.32 Å². The van der Waals surface area contributed by atoms with Crippen LogP contribution in [0.25, 0.3) is 11.1 Å². The second kappa shape index (κ2) is 6.43. The van der Waals surface area contributed by atoms with Gasteiger partial charge in [-0.05, 0) is 31.4 Å². The maximum absolute atomic E-state index is 13.4. The van der Waals surface area contributed by atoms with Gasteiger partial charge in [0, 0.05) is 25.0 Å². The van der Waals surface area contributed by atoms with Crippen LogP contribution in [-0.2, 0) is 20.2 Å². The molecule has 0 saturated carbocycles. The van der Waals surface area contributed by atoms with Gasteiger partial charge in [-0.15, -0.1) is 0 Å². The van der Waals surface area contributed by atoms with E-state index in [0.717, 1.165) is 6.42 Å². The summed E-state index contributed by atoms with van der Waals surface area (Å²) in [6.45, 7) is 7.06. The Morgan fingerprint density at radius 3 is 2.46 bits per heavy atom. The Bertz CT molecular complexity index is 1050. The van der Waals surface area contributed by atoms with Crippen LogP contribution in [-0.4, -0.2) is 43.2 Å². The van der Waals surface area contributed by atoms with E-state index in [-0.39, 0.29) is 39.9 Å². The Kier molecular flexibility index (Phi) is 4.52. The van der Waals surface area contributed by atoms with E-state index in [1.165, 1.54) is 4.31 Å². The molecule has 2 aromatic rings. The normalized spacial score (nSPS) is 20.8. The van der Waals surface area contributed by atoms with Crippen molar-refractivity contribution in [1.82, 2.24) is 14.6 Å². The molecule has 1 N–H and O–H groups in total. The Hall–Kier alpha value is -1.64. The monoisotopic (exact) mass is 425 g/mol. The standard InChI is InChI=1S/C19H24ClN3O4S/c1-18(2,3)17-22-13-5-4-12(20)15(14(13)27-17)28(25,26)23-10-7-19(8-11-23)6-9-21-16(19)24/h4-5H,6-11H2,1-3H3,(H,21,24). The van der Waals surface area contributed by atoms with Crippen LogP contribution in [0.3, 0.4) is 0 Å². The molecule has 1 amide bonds. The molecule has 0 atom stereocenters. The molecule has 1 spiro atoms. The summed E-state index contributed by atoms with van der Waals surface area (Å²) in [5, 5.41) is 2.98. The molecule has 0 bridgehead atoms. The predicted octanol–water partition coefficient (Wildman–Crippen LogP) is 3.07. The molecule has 0 radical (unpaired) electrons. The van der Waals surface area contributed by atoms with Crippen molar-refractivity contribution in [2.45, 2.75) is 50.3 Å². The molecule has 7 nitrogen and oxygen atoms in total. The average molecular weight is 426 g/mol. The van der Waals surface area contributed by atoms with Gasteiger partial charge in [-0.3, -0.25) is 4.79 Å². The Labute approximate surface area is 169 Å². The molecular formula is C19H24ClN3O4S. The molecule has 1 aromatic carbocycles. The van der Waals surface area contributed by atoms with E-state index in [0.29, 0.717) is 30.8 Å². The van der Waals surface area contributed by atoms with E-state index >= 15 is 0 Å². The first-order chi connectivity index (χ1) is 13.0. The third kappa shape index (κ3) is 3.02.